The van der Waals surface area contributed by atoms with E-state index >= 15 is 0 Å². The minimum Gasteiger partial charge on any atom is -0.437 e. The number of Topliss-reactive ketones (excluding diaryl/α,β-unsaturated/α-hetero) is 1. The number of amides is 1. The lowest BCUT2D eigenvalue weighted by Crippen LogP contribution is -2.44. The van der Waals surface area contributed by atoms with Crippen LogP contribution in [0.5, 0.6) is 5.88 Å². The molecule has 0 saturated carbocycles. The first-order valence-electron chi connectivity index (χ1n) is 9.18. The monoisotopic (exact) mass is 515 g/mol. The topological polar surface area (TPSA) is 81.2 Å². The first-order chi connectivity index (χ1) is 14.9. The number of anilines is 1. The van der Waals surface area contributed by atoms with Crippen molar-refractivity contribution in [2.24, 2.45) is 0 Å². The zero-order valence-electron chi connectivity index (χ0n) is 15.9. The predicted octanol–water partition coefficient (Wildman–Crippen LogP) is 5.18. The van der Waals surface area contributed by atoms with E-state index < -0.39 is 11.3 Å². The summed E-state index contributed by atoms with van der Waals surface area (Å²) >= 11 is 16.0. The van der Waals surface area contributed by atoms with Gasteiger partial charge in [-0.15, -0.1) is 0 Å². The molecule has 1 aromatic heterocycles. The van der Waals surface area contributed by atoms with Gasteiger partial charge in [-0.05, 0) is 40.5 Å². The van der Waals surface area contributed by atoms with Crippen LogP contribution in [0.1, 0.15) is 23.6 Å². The third kappa shape index (κ3) is 2.77. The largest absolute Gasteiger partial charge is 0.437 e. The number of ketones is 1. The standard InChI is InChI=1S/C22H12BrCl2N3O3/c1-10(29)14-17(11-6-3-2-4-7-11)31-19-15(18(24)27-21(25)28-19)22(14)12-8-5-9-13(23)16(12)26-20(22)30/h2-9H,1H3,(H,26,30). The van der Waals surface area contributed by atoms with Crippen LogP contribution in [0.4, 0.5) is 5.69 Å². The summed E-state index contributed by atoms with van der Waals surface area (Å²) in [6.07, 6.45) is 0. The Balaban J connectivity index is 1.99. The van der Waals surface area contributed by atoms with Crippen LogP contribution in [0.15, 0.2) is 58.6 Å². The minimum absolute atomic E-state index is 0.0248. The summed E-state index contributed by atoms with van der Waals surface area (Å²) in [4.78, 5) is 35.1. The maximum atomic E-state index is 13.7. The number of nitrogens with one attached hydrogen (secondary N) is 1. The van der Waals surface area contributed by atoms with Crippen LogP contribution in [0, 0.1) is 0 Å². The molecule has 0 fully saturated rings. The van der Waals surface area contributed by atoms with Crippen LogP contribution in [0.25, 0.3) is 5.76 Å². The number of rotatable bonds is 2. The molecule has 9 heteroatoms. The van der Waals surface area contributed by atoms with Gasteiger partial charge in [0, 0.05) is 15.6 Å². The Labute approximate surface area is 195 Å². The molecule has 31 heavy (non-hydrogen) atoms. The number of benzene rings is 2. The average molecular weight is 517 g/mol. The third-order valence-electron chi connectivity index (χ3n) is 5.36. The summed E-state index contributed by atoms with van der Waals surface area (Å²) in [6.45, 7) is 1.39. The Kier molecular flexibility index (Phi) is 4.66. The third-order valence-corrected chi connectivity index (χ3v) is 6.47. The maximum Gasteiger partial charge on any atom is 0.244 e. The van der Waals surface area contributed by atoms with Crippen molar-refractivity contribution in [1.29, 1.82) is 0 Å². The molecule has 1 spiro atoms. The predicted molar refractivity (Wildman–Crippen MR) is 120 cm³/mol. The molecule has 0 bridgehead atoms. The fraction of sp³-hybridized carbons (Fsp3) is 0.0909. The van der Waals surface area contributed by atoms with Gasteiger partial charge in [-0.1, -0.05) is 54.1 Å². The van der Waals surface area contributed by atoms with Crippen molar-refractivity contribution in [1.82, 2.24) is 9.97 Å². The average Bonchev–Trinajstić information content (AvgIpc) is 3.01. The van der Waals surface area contributed by atoms with E-state index in [2.05, 4.69) is 31.2 Å². The zero-order valence-corrected chi connectivity index (χ0v) is 19.0. The molecule has 3 aromatic rings. The van der Waals surface area contributed by atoms with Gasteiger partial charge in [0.1, 0.15) is 16.3 Å². The lowest BCUT2D eigenvalue weighted by atomic mass is 9.67. The van der Waals surface area contributed by atoms with Crippen LogP contribution < -0.4 is 10.1 Å². The molecule has 1 unspecified atom stereocenters. The lowest BCUT2D eigenvalue weighted by molar-refractivity contribution is -0.121. The number of ether oxygens (including phenoxy) is 1. The van der Waals surface area contributed by atoms with E-state index in [1.165, 1.54) is 6.92 Å². The van der Waals surface area contributed by atoms with E-state index in [0.717, 1.165) is 0 Å². The van der Waals surface area contributed by atoms with Gasteiger partial charge in [0.15, 0.2) is 5.78 Å². The molecule has 1 amide bonds. The Bertz CT molecular complexity index is 1330. The number of hydrogen-bond donors (Lipinski definition) is 1. The smallest absolute Gasteiger partial charge is 0.244 e. The highest BCUT2D eigenvalue weighted by Gasteiger charge is 2.59. The first-order valence-corrected chi connectivity index (χ1v) is 10.7. The van der Waals surface area contributed by atoms with E-state index in [9.17, 15) is 9.59 Å². The van der Waals surface area contributed by atoms with Crippen molar-refractivity contribution < 1.29 is 14.3 Å². The van der Waals surface area contributed by atoms with E-state index in [0.29, 0.717) is 21.3 Å². The summed E-state index contributed by atoms with van der Waals surface area (Å²) < 4.78 is 6.75. The SMILES string of the molecule is CC(=O)C1=C(c2ccccc2)Oc2nc(Cl)nc(Cl)c2C12C(=O)Nc1c(Br)cccc12. The van der Waals surface area contributed by atoms with Gasteiger partial charge in [0.2, 0.25) is 17.1 Å². The highest BCUT2D eigenvalue weighted by atomic mass is 79.9. The van der Waals surface area contributed by atoms with Crippen LogP contribution in [-0.2, 0) is 15.0 Å². The van der Waals surface area contributed by atoms with Gasteiger partial charge in [-0.2, -0.15) is 4.98 Å². The second-order valence-electron chi connectivity index (χ2n) is 7.06. The Morgan fingerprint density at radius 2 is 1.84 bits per heavy atom. The van der Waals surface area contributed by atoms with Crippen molar-refractivity contribution in [3.05, 3.63) is 85.7 Å². The van der Waals surface area contributed by atoms with E-state index in [1.807, 2.05) is 18.2 Å². The Morgan fingerprint density at radius 3 is 2.55 bits per heavy atom. The number of fused-ring (bicyclic) bond motifs is 4. The molecule has 0 radical (unpaired) electrons. The molecule has 1 N–H and O–H groups in total. The second-order valence-corrected chi connectivity index (χ2v) is 8.61. The van der Waals surface area contributed by atoms with Crippen molar-refractivity contribution in [3.8, 4) is 5.88 Å². The lowest BCUT2D eigenvalue weighted by Gasteiger charge is -2.36. The second kappa shape index (κ2) is 7.15. The van der Waals surface area contributed by atoms with Crippen molar-refractivity contribution >= 4 is 62.3 Å². The minimum atomic E-state index is -1.61. The summed E-state index contributed by atoms with van der Waals surface area (Å²) in [6, 6.07) is 14.4. The number of aromatic nitrogens is 2. The Morgan fingerprint density at radius 1 is 1.10 bits per heavy atom. The highest BCUT2D eigenvalue weighted by Crippen LogP contribution is 2.57. The van der Waals surface area contributed by atoms with Crippen molar-refractivity contribution in [3.63, 3.8) is 0 Å². The van der Waals surface area contributed by atoms with Gasteiger partial charge in [-0.3, -0.25) is 9.59 Å². The summed E-state index contributed by atoms with van der Waals surface area (Å²) in [5.74, 6) is -0.560. The Hall–Kier alpha value is -2.74. The number of hydrogen-bond acceptors (Lipinski definition) is 5. The van der Waals surface area contributed by atoms with Gasteiger partial charge in [0.05, 0.1) is 16.8 Å². The first kappa shape index (κ1) is 20.2. The molecule has 0 aliphatic carbocycles. The fourth-order valence-corrected chi connectivity index (χ4v) is 5.20. The molecular weight excluding hydrogens is 505 g/mol. The fourth-order valence-electron chi connectivity index (χ4n) is 4.23. The van der Waals surface area contributed by atoms with Crippen LogP contribution >= 0.6 is 39.1 Å². The highest BCUT2D eigenvalue weighted by molar-refractivity contribution is 9.10. The quantitative estimate of drug-likeness (QED) is 0.375. The van der Waals surface area contributed by atoms with Crippen molar-refractivity contribution in [2.45, 2.75) is 12.3 Å². The number of carbonyl (C=O) groups is 2. The van der Waals surface area contributed by atoms with Crippen LogP contribution in [0.2, 0.25) is 10.4 Å². The normalized spacial score (nSPS) is 19.0. The molecule has 0 saturated heterocycles. The van der Waals surface area contributed by atoms with Gasteiger partial charge < -0.3 is 10.1 Å². The molecule has 2 aromatic carbocycles. The molecule has 3 heterocycles. The molecule has 2 aliphatic rings. The van der Waals surface area contributed by atoms with E-state index in [1.54, 1.807) is 30.3 Å². The zero-order chi connectivity index (χ0) is 21.9. The summed E-state index contributed by atoms with van der Waals surface area (Å²) in [5.41, 5.74) is 0.414. The summed E-state index contributed by atoms with van der Waals surface area (Å²) in [7, 11) is 0. The molecule has 5 rings (SSSR count). The van der Waals surface area contributed by atoms with Gasteiger partial charge in [0.25, 0.3) is 0 Å². The molecule has 2 aliphatic heterocycles. The van der Waals surface area contributed by atoms with E-state index in [-0.39, 0.29) is 39.0 Å². The molecule has 6 nitrogen and oxygen atoms in total. The van der Waals surface area contributed by atoms with Gasteiger partial charge in [-0.25, -0.2) is 4.98 Å². The summed E-state index contributed by atoms with van der Waals surface area (Å²) in [5, 5.41) is 2.69. The van der Waals surface area contributed by atoms with Gasteiger partial charge >= 0.3 is 0 Å². The van der Waals surface area contributed by atoms with Crippen molar-refractivity contribution in [2.75, 3.05) is 5.32 Å². The number of nitrogens with zero attached hydrogens (tertiary/aromatic N) is 2. The molecule has 1 atom stereocenters. The number of carbonyl (C=O) groups excluding carboxylic acids is 2. The molecular formula is C22H12BrCl2N3O3. The number of halogens is 3. The van der Waals surface area contributed by atoms with Crippen LogP contribution in [-0.4, -0.2) is 21.7 Å². The molecule has 154 valence electrons. The maximum absolute atomic E-state index is 13.7. The van der Waals surface area contributed by atoms with E-state index in [4.69, 9.17) is 27.9 Å². The van der Waals surface area contributed by atoms with Crippen LogP contribution in [0.3, 0.4) is 0 Å². The number of para-hydroxylation sites is 1.